The van der Waals surface area contributed by atoms with Gasteiger partial charge in [-0.25, -0.2) is 13.8 Å². The summed E-state index contributed by atoms with van der Waals surface area (Å²) >= 11 is 10.8. The molecule has 0 amide bonds. The molecular weight excluding hydrogens is 493 g/mol. The molecule has 5 nitrogen and oxygen atoms in total. The lowest BCUT2D eigenvalue weighted by molar-refractivity contribution is 0.628. The number of fused-ring (bicyclic) bond motifs is 2. The van der Waals surface area contributed by atoms with Crippen LogP contribution in [0.1, 0.15) is 0 Å². The summed E-state index contributed by atoms with van der Waals surface area (Å²) in [5, 5.41) is 1.74. The molecule has 3 aromatic heterocycles. The Hall–Kier alpha value is -2.81. The van der Waals surface area contributed by atoms with E-state index in [4.69, 9.17) is 11.6 Å². The first kappa shape index (κ1) is 19.2. The Balaban J connectivity index is 1.79. The summed E-state index contributed by atoms with van der Waals surface area (Å²) < 4.78 is 15.6. The summed E-state index contributed by atoms with van der Waals surface area (Å²) in [6, 6.07) is 11.3. The second-order valence-electron chi connectivity index (χ2n) is 6.57. The van der Waals surface area contributed by atoms with Gasteiger partial charge in [0, 0.05) is 31.9 Å². The Morgan fingerprint density at radius 3 is 2.73 bits per heavy atom. The lowest BCUT2D eigenvalue weighted by Gasteiger charge is -2.08. The van der Waals surface area contributed by atoms with E-state index in [9.17, 15) is 14.0 Å². The first-order valence-corrected chi connectivity index (χ1v) is 10.7. The molecule has 5 aromatic rings. The summed E-state index contributed by atoms with van der Waals surface area (Å²) in [6.07, 6.45) is 3.16. The quantitative estimate of drug-likeness (QED) is 0.346. The summed E-state index contributed by atoms with van der Waals surface area (Å²) in [5.74, 6) is -0.449. The lowest BCUT2D eigenvalue weighted by Crippen LogP contribution is -2.33. The molecule has 0 atom stereocenters. The van der Waals surface area contributed by atoms with Crippen LogP contribution in [-0.2, 0) is 0 Å². The fourth-order valence-electron chi connectivity index (χ4n) is 3.35. The molecule has 0 unspecified atom stereocenters. The number of aromatic amines is 1. The van der Waals surface area contributed by atoms with E-state index in [1.807, 2.05) is 18.2 Å². The van der Waals surface area contributed by atoms with Crippen LogP contribution < -0.4 is 11.2 Å². The van der Waals surface area contributed by atoms with E-state index >= 15 is 0 Å². The van der Waals surface area contributed by atoms with Gasteiger partial charge in [-0.1, -0.05) is 33.6 Å². The van der Waals surface area contributed by atoms with Gasteiger partial charge in [0.15, 0.2) is 0 Å². The van der Waals surface area contributed by atoms with Gasteiger partial charge < -0.3 is 4.98 Å². The number of nitrogens with zero attached hydrogens (tertiary/aromatic N) is 2. The molecule has 0 fully saturated rings. The Bertz CT molecular complexity index is 1590. The van der Waals surface area contributed by atoms with Crippen molar-refractivity contribution in [3.63, 3.8) is 0 Å². The van der Waals surface area contributed by atoms with Crippen LogP contribution in [0.25, 0.3) is 37.1 Å². The summed E-state index contributed by atoms with van der Waals surface area (Å²) in [5.41, 5.74) is 0.336. The van der Waals surface area contributed by atoms with Gasteiger partial charge in [-0.15, -0.1) is 11.3 Å². The number of aromatic nitrogens is 3. The lowest BCUT2D eigenvalue weighted by atomic mass is 10.1. The number of nitrogens with one attached hydrogen (secondary N) is 1. The molecule has 0 saturated heterocycles. The van der Waals surface area contributed by atoms with Crippen molar-refractivity contribution in [2.45, 2.75) is 0 Å². The van der Waals surface area contributed by atoms with Crippen LogP contribution in [0, 0.1) is 5.82 Å². The van der Waals surface area contributed by atoms with Crippen molar-refractivity contribution in [1.29, 1.82) is 0 Å². The van der Waals surface area contributed by atoms with Gasteiger partial charge in [0.25, 0.3) is 5.56 Å². The highest BCUT2D eigenvalue weighted by Crippen LogP contribution is 2.35. The van der Waals surface area contributed by atoms with Gasteiger partial charge in [0.05, 0.1) is 22.4 Å². The maximum atomic E-state index is 13.4. The molecule has 0 radical (unpaired) electrons. The molecule has 0 saturated carbocycles. The van der Waals surface area contributed by atoms with Crippen LogP contribution in [-0.4, -0.2) is 14.5 Å². The van der Waals surface area contributed by atoms with Crippen LogP contribution in [0.4, 0.5) is 4.39 Å². The fraction of sp³-hybridized carbons (Fsp3) is 0. The summed E-state index contributed by atoms with van der Waals surface area (Å²) in [7, 11) is 0. The highest BCUT2D eigenvalue weighted by Gasteiger charge is 2.17. The molecule has 9 heteroatoms. The van der Waals surface area contributed by atoms with E-state index < -0.39 is 17.1 Å². The Morgan fingerprint density at radius 1 is 1.10 bits per heavy atom. The van der Waals surface area contributed by atoms with Gasteiger partial charge in [0.1, 0.15) is 10.5 Å². The third kappa shape index (κ3) is 3.08. The topological polar surface area (TPSA) is 67.8 Å². The monoisotopic (exact) mass is 501 g/mol. The van der Waals surface area contributed by atoms with Crippen LogP contribution >= 0.6 is 38.9 Å². The first-order valence-electron chi connectivity index (χ1n) is 8.70. The number of pyridine rings is 1. The van der Waals surface area contributed by atoms with Crippen molar-refractivity contribution >= 4 is 59.9 Å². The molecule has 0 aliphatic heterocycles. The van der Waals surface area contributed by atoms with Crippen LogP contribution in [0.5, 0.6) is 0 Å². The standard InChI is InChI=1S/C21H10BrClFN3O2S/c22-11-2-1-10-8-25-9-17(14(10)5-11)27-20(28)19-16(26-21(27)29)7-18(30-19)13-4-3-12(24)6-15(13)23/h1-9H,(H,26,29). The van der Waals surface area contributed by atoms with Gasteiger partial charge in [0.2, 0.25) is 0 Å². The second-order valence-corrected chi connectivity index (χ2v) is 8.95. The van der Waals surface area contributed by atoms with Crippen molar-refractivity contribution in [3.8, 4) is 16.1 Å². The normalized spacial score (nSPS) is 11.4. The van der Waals surface area contributed by atoms with Crippen LogP contribution in [0.15, 0.2) is 68.9 Å². The summed E-state index contributed by atoms with van der Waals surface area (Å²) in [6.45, 7) is 0. The van der Waals surface area contributed by atoms with Crippen molar-refractivity contribution in [1.82, 2.24) is 14.5 Å². The fourth-order valence-corrected chi connectivity index (χ4v) is 5.12. The SMILES string of the molecule is O=c1[nH]c2cc(-c3ccc(F)cc3Cl)sc2c(=O)n1-c1cncc2ccc(Br)cc12. The zero-order valence-electron chi connectivity index (χ0n) is 14.9. The minimum Gasteiger partial charge on any atom is -0.306 e. The van der Waals surface area contributed by atoms with Gasteiger partial charge in [-0.05, 0) is 36.4 Å². The Labute approximate surface area is 185 Å². The third-order valence-electron chi connectivity index (χ3n) is 4.71. The van der Waals surface area contributed by atoms with E-state index in [1.165, 1.54) is 29.7 Å². The number of hydrogen-bond donors (Lipinski definition) is 1. The molecule has 1 N–H and O–H groups in total. The smallest absolute Gasteiger partial charge is 0.306 e. The zero-order valence-corrected chi connectivity index (χ0v) is 18.1. The van der Waals surface area contributed by atoms with Crippen LogP contribution in [0.2, 0.25) is 5.02 Å². The second kappa shape index (κ2) is 7.16. The minimum absolute atomic E-state index is 0.229. The van der Waals surface area contributed by atoms with E-state index in [0.717, 1.165) is 14.4 Å². The highest BCUT2D eigenvalue weighted by molar-refractivity contribution is 9.10. The Morgan fingerprint density at radius 2 is 1.93 bits per heavy atom. The third-order valence-corrected chi connectivity index (χ3v) is 6.68. The van der Waals surface area contributed by atoms with Crippen molar-refractivity contribution in [2.75, 3.05) is 0 Å². The number of H-pyrrole nitrogens is 1. The molecule has 0 aliphatic carbocycles. The average molecular weight is 503 g/mol. The number of benzene rings is 2. The first-order chi connectivity index (χ1) is 14.4. The van der Waals surface area contributed by atoms with E-state index in [2.05, 4.69) is 25.9 Å². The summed E-state index contributed by atoms with van der Waals surface area (Å²) in [4.78, 5) is 33.7. The predicted octanol–water partition coefficient (Wildman–Crippen LogP) is 5.51. The molecule has 0 spiro atoms. The molecule has 30 heavy (non-hydrogen) atoms. The maximum absolute atomic E-state index is 13.4. The van der Waals surface area contributed by atoms with Crippen molar-refractivity contribution in [2.24, 2.45) is 0 Å². The van der Waals surface area contributed by atoms with E-state index in [1.54, 1.807) is 18.3 Å². The number of rotatable bonds is 2. The van der Waals surface area contributed by atoms with Gasteiger partial charge in [-0.3, -0.25) is 9.78 Å². The van der Waals surface area contributed by atoms with Gasteiger partial charge >= 0.3 is 5.69 Å². The Kier molecular flexibility index (Phi) is 4.57. The molecule has 0 bridgehead atoms. The molecular formula is C21H10BrClFN3O2S. The average Bonchev–Trinajstić information content (AvgIpc) is 3.12. The van der Waals surface area contributed by atoms with Crippen molar-refractivity contribution in [3.05, 3.63) is 91.0 Å². The number of halogens is 3. The van der Waals surface area contributed by atoms with E-state index in [0.29, 0.717) is 31.7 Å². The molecule has 3 heterocycles. The van der Waals surface area contributed by atoms with Gasteiger partial charge in [-0.2, -0.15) is 0 Å². The zero-order chi connectivity index (χ0) is 21.0. The molecule has 5 rings (SSSR count). The minimum atomic E-state index is -0.573. The predicted molar refractivity (Wildman–Crippen MR) is 121 cm³/mol. The largest absolute Gasteiger partial charge is 0.333 e. The highest BCUT2D eigenvalue weighted by atomic mass is 79.9. The number of hydrogen-bond acceptors (Lipinski definition) is 4. The maximum Gasteiger partial charge on any atom is 0.333 e. The number of thiophene rings is 1. The van der Waals surface area contributed by atoms with Crippen molar-refractivity contribution < 1.29 is 4.39 Å². The molecule has 148 valence electrons. The van der Waals surface area contributed by atoms with Crippen LogP contribution in [0.3, 0.4) is 0 Å². The molecule has 0 aliphatic rings. The molecule has 2 aromatic carbocycles. The van der Waals surface area contributed by atoms with E-state index in [-0.39, 0.29) is 5.02 Å².